The lowest BCUT2D eigenvalue weighted by atomic mass is 10.4. The molecule has 0 saturated carbocycles. The van der Waals surface area contributed by atoms with E-state index in [-0.39, 0.29) is 19.1 Å². The second kappa shape index (κ2) is 5.81. The van der Waals surface area contributed by atoms with Crippen LogP contribution in [0.15, 0.2) is 6.20 Å². The lowest BCUT2D eigenvalue weighted by Gasteiger charge is -2.19. The number of nitrogens with one attached hydrogen (secondary N) is 1. The predicted molar refractivity (Wildman–Crippen MR) is 63.5 cm³/mol. The first-order valence-electron chi connectivity index (χ1n) is 5.29. The first-order chi connectivity index (χ1) is 7.63. The molecule has 0 aliphatic heterocycles. The highest BCUT2D eigenvalue weighted by Crippen LogP contribution is 2.03. The summed E-state index contributed by atoms with van der Waals surface area (Å²) in [6, 6.07) is 0. The summed E-state index contributed by atoms with van der Waals surface area (Å²) in [5.41, 5.74) is 0.630. The molecule has 0 aliphatic rings. The molecule has 1 aromatic heterocycles. The van der Waals surface area contributed by atoms with Crippen molar-refractivity contribution in [3.63, 3.8) is 0 Å². The first-order valence-corrected chi connectivity index (χ1v) is 5.70. The van der Waals surface area contributed by atoms with Crippen molar-refractivity contribution in [1.29, 1.82) is 0 Å². The number of hydrogen-bond acceptors (Lipinski definition) is 3. The number of aromatic nitrogens is 2. The molecule has 1 aromatic rings. The molecule has 0 aliphatic carbocycles. The van der Waals surface area contributed by atoms with E-state index in [1.807, 2.05) is 13.8 Å². The zero-order valence-electron chi connectivity index (χ0n) is 9.56. The van der Waals surface area contributed by atoms with E-state index in [1.54, 1.807) is 15.7 Å². The van der Waals surface area contributed by atoms with Crippen LogP contribution in [0.25, 0.3) is 0 Å². The largest absolute Gasteiger partial charge is 0.390 e. The van der Waals surface area contributed by atoms with Crippen LogP contribution < -0.4 is 0 Å². The molecule has 5 nitrogen and oxygen atoms in total. The molecule has 1 amide bonds. The van der Waals surface area contributed by atoms with Gasteiger partial charge in [0.1, 0.15) is 6.54 Å². The maximum Gasteiger partial charge on any atom is 0.242 e. The summed E-state index contributed by atoms with van der Waals surface area (Å²) in [4.78, 5) is 16.4. The van der Waals surface area contributed by atoms with Gasteiger partial charge in [-0.25, -0.2) is 0 Å². The van der Waals surface area contributed by atoms with Gasteiger partial charge in [-0.15, -0.1) is 0 Å². The number of H-pyrrole nitrogens is 1. The van der Waals surface area contributed by atoms with Crippen molar-refractivity contribution in [2.24, 2.45) is 0 Å². The number of imidazole rings is 1. The standard InChI is InChI=1S/C10H17N3O2S/c1-3-12(4-2)9(15)6-13-8(7-14)5-11-10(13)16/h5,14H,3-4,6-7H2,1-2H3,(H,11,16). The highest BCUT2D eigenvalue weighted by Gasteiger charge is 2.12. The van der Waals surface area contributed by atoms with Crippen molar-refractivity contribution >= 4 is 18.1 Å². The fraction of sp³-hybridized carbons (Fsp3) is 0.600. The van der Waals surface area contributed by atoms with E-state index in [4.69, 9.17) is 17.3 Å². The van der Waals surface area contributed by atoms with E-state index in [9.17, 15) is 4.79 Å². The Balaban J connectivity index is 2.83. The number of hydrogen-bond donors (Lipinski definition) is 2. The number of carbonyl (C=O) groups is 1. The molecule has 1 heterocycles. The lowest BCUT2D eigenvalue weighted by Crippen LogP contribution is -2.33. The average Bonchev–Trinajstić information content (AvgIpc) is 2.62. The normalized spacial score (nSPS) is 10.4. The Hall–Kier alpha value is -1.14. The Morgan fingerprint density at radius 1 is 1.56 bits per heavy atom. The van der Waals surface area contributed by atoms with Crippen LogP contribution in [0.1, 0.15) is 19.5 Å². The number of rotatable bonds is 5. The molecule has 0 atom stereocenters. The van der Waals surface area contributed by atoms with Crippen molar-refractivity contribution in [2.45, 2.75) is 27.0 Å². The number of aromatic amines is 1. The third-order valence-electron chi connectivity index (χ3n) is 2.53. The highest BCUT2D eigenvalue weighted by atomic mass is 32.1. The summed E-state index contributed by atoms with van der Waals surface area (Å²) in [6.45, 7) is 5.29. The summed E-state index contributed by atoms with van der Waals surface area (Å²) in [5.74, 6) is 0.00963. The summed E-state index contributed by atoms with van der Waals surface area (Å²) in [5, 5.41) is 9.09. The topological polar surface area (TPSA) is 61.3 Å². The van der Waals surface area contributed by atoms with E-state index >= 15 is 0 Å². The quantitative estimate of drug-likeness (QED) is 0.756. The fourth-order valence-corrected chi connectivity index (χ4v) is 1.79. The van der Waals surface area contributed by atoms with Crippen LogP contribution in [-0.2, 0) is 17.9 Å². The molecule has 6 heteroatoms. The van der Waals surface area contributed by atoms with Gasteiger partial charge in [0, 0.05) is 19.3 Å². The van der Waals surface area contributed by atoms with Gasteiger partial charge in [-0.1, -0.05) is 0 Å². The number of amides is 1. The zero-order chi connectivity index (χ0) is 12.1. The minimum atomic E-state index is -0.126. The second-order valence-electron chi connectivity index (χ2n) is 3.40. The Labute approximate surface area is 99.7 Å². The maximum absolute atomic E-state index is 11.9. The molecule has 0 spiro atoms. The van der Waals surface area contributed by atoms with Crippen LogP contribution in [0.2, 0.25) is 0 Å². The van der Waals surface area contributed by atoms with Gasteiger partial charge >= 0.3 is 0 Å². The van der Waals surface area contributed by atoms with Crippen molar-refractivity contribution in [1.82, 2.24) is 14.5 Å². The van der Waals surface area contributed by atoms with Gasteiger partial charge in [0.25, 0.3) is 0 Å². The van der Waals surface area contributed by atoms with Crippen molar-refractivity contribution in [3.05, 3.63) is 16.7 Å². The number of nitrogens with zero attached hydrogens (tertiary/aromatic N) is 2. The third-order valence-corrected chi connectivity index (χ3v) is 2.86. The minimum absolute atomic E-state index is 0.00963. The van der Waals surface area contributed by atoms with Gasteiger partial charge in [-0.3, -0.25) is 4.79 Å². The lowest BCUT2D eigenvalue weighted by molar-refractivity contribution is -0.131. The van der Waals surface area contributed by atoms with Crippen molar-refractivity contribution in [2.75, 3.05) is 13.1 Å². The molecule has 0 aromatic carbocycles. The SMILES string of the molecule is CCN(CC)C(=O)Cn1c(CO)c[nH]c1=S. The molecule has 0 radical (unpaired) electrons. The van der Waals surface area contributed by atoms with E-state index in [1.165, 1.54) is 0 Å². The summed E-state index contributed by atoms with van der Waals surface area (Å²) in [7, 11) is 0. The van der Waals surface area contributed by atoms with Gasteiger partial charge < -0.3 is 19.6 Å². The number of likely N-dealkylation sites (N-methyl/N-ethyl adjacent to an activating group) is 1. The van der Waals surface area contributed by atoms with Crippen LogP contribution in [0, 0.1) is 4.77 Å². The average molecular weight is 243 g/mol. The van der Waals surface area contributed by atoms with Crippen molar-refractivity contribution < 1.29 is 9.90 Å². The van der Waals surface area contributed by atoms with Gasteiger partial charge in [0.2, 0.25) is 5.91 Å². The van der Waals surface area contributed by atoms with Crippen LogP contribution in [0.4, 0.5) is 0 Å². The summed E-state index contributed by atoms with van der Waals surface area (Å²) >= 11 is 5.04. The van der Waals surface area contributed by atoms with Gasteiger partial charge in [-0.2, -0.15) is 0 Å². The van der Waals surface area contributed by atoms with E-state index in [2.05, 4.69) is 4.98 Å². The smallest absolute Gasteiger partial charge is 0.242 e. The maximum atomic E-state index is 11.9. The highest BCUT2D eigenvalue weighted by molar-refractivity contribution is 7.71. The minimum Gasteiger partial charge on any atom is -0.390 e. The molecule has 0 saturated heterocycles. The van der Waals surface area contributed by atoms with E-state index < -0.39 is 0 Å². The molecule has 0 fully saturated rings. The van der Waals surface area contributed by atoms with Crippen LogP contribution in [0.3, 0.4) is 0 Å². The molecule has 0 unspecified atom stereocenters. The number of carbonyl (C=O) groups excluding carboxylic acids is 1. The predicted octanol–water partition coefficient (Wildman–Crippen LogP) is 0.906. The molecule has 90 valence electrons. The van der Waals surface area contributed by atoms with Crippen LogP contribution in [-0.4, -0.2) is 38.6 Å². The van der Waals surface area contributed by atoms with Crippen molar-refractivity contribution in [3.8, 4) is 0 Å². The first kappa shape index (κ1) is 12.9. The van der Waals surface area contributed by atoms with Crippen LogP contribution >= 0.6 is 12.2 Å². The second-order valence-corrected chi connectivity index (χ2v) is 3.78. The van der Waals surface area contributed by atoms with E-state index in [0.29, 0.717) is 23.6 Å². The Morgan fingerprint density at radius 2 is 2.19 bits per heavy atom. The van der Waals surface area contributed by atoms with E-state index in [0.717, 1.165) is 0 Å². The number of aliphatic hydroxyl groups is 1. The molecule has 0 bridgehead atoms. The molecular formula is C10H17N3O2S. The molecular weight excluding hydrogens is 226 g/mol. The monoisotopic (exact) mass is 243 g/mol. The Kier molecular flexibility index (Phi) is 4.70. The van der Waals surface area contributed by atoms with Gasteiger partial charge in [0.05, 0.1) is 12.3 Å². The van der Waals surface area contributed by atoms with Gasteiger partial charge in [-0.05, 0) is 26.1 Å². The molecule has 1 rings (SSSR count). The summed E-state index contributed by atoms with van der Waals surface area (Å²) in [6.07, 6.45) is 1.62. The molecule has 2 N–H and O–H groups in total. The third kappa shape index (κ3) is 2.70. The summed E-state index contributed by atoms with van der Waals surface area (Å²) < 4.78 is 2.08. The zero-order valence-corrected chi connectivity index (χ0v) is 10.4. The number of aliphatic hydroxyl groups excluding tert-OH is 1. The Morgan fingerprint density at radius 3 is 2.69 bits per heavy atom. The van der Waals surface area contributed by atoms with Gasteiger partial charge in [0.15, 0.2) is 4.77 Å². The van der Waals surface area contributed by atoms with Crippen LogP contribution in [0.5, 0.6) is 0 Å². The molecule has 16 heavy (non-hydrogen) atoms. The Bertz CT molecular complexity index is 406. The fourth-order valence-electron chi connectivity index (χ4n) is 1.55.